The predicted octanol–water partition coefficient (Wildman–Crippen LogP) is 2.78. The highest BCUT2D eigenvalue weighted by Gasteiger charge is 2.41. The summed E-state index contributed by atoms with van der Waals surface area (Å²) in [5.74, 6) is 1.28. The molecule has 2 aliphatic heterocycles. The fraction of sp³-hybridized carbons (Fsp3) is 0.619. The second-order valence-corrected chi connectivity index (χ2v) is 7.39. The molecule has 6 nitrogen and oxygen atoms in total. The lowest BCUT2D eigenvalue weighted by atomic mass is 9.74. The van der Waals surface area contributed by atoms with Crippen LogP contribution in [0.3, 0.4) is 0 Å². The Morgan fingerprint density at radius 1 is 1.19 bits per heavy atom. The average Bonchev–Trinajstić information content (AvgIpc) is 2.66. The van der Waals surface area contributed by atoms with Crippen molar-refractivity contribution in [3.8, 4) is 11.5 Å². The highest BCUT2D eigenvalue weighted by molar-refractivity contribution is 5.80. The molecule has 1 aromatic carbocycles. The molecule has 0 aromatic heterocycles. The first-order valence-corrected chi connectivity index (χ1v) is 9.63. The van der Waals surface area contributed by atoms with Crippen molar-refractivity contribution in [3.05, 3.63) is 23.3 Å². The Bertz CT molecular complexity index is 717. The summed E-state index contributed by atoms with van der Waals surface area (Å²) in [5.41, 5.74) is 2.47. The van der Waals surface area contributed by atoms with Gasteiger partial charge in [-0.2, -0.15) is 0 Å². The maximum atomic E-state index is 12.2. The van der Waals surface area contributed by atoms with Gasteiger partial charge in [0.15, 0.2) is 11.5 Å². The smallest absolute Gasteiger partial charge is 0.306 e. The molecule has 0 bridgehead atoms. The van der Waals surface area contributed by atoms with Gasteiger partial charge < -0.3 is 14.2 Å². The zero-order valence-electron chi connectivity index (χ0n) is 16.6. The number of carbonyl (C=O) groups excluding carboxylic acids is 2. The number of ether oxygens (including phenoxy) is 3. The van der Waals surface area contributed by atoms with E-state index < -0.39 is 0 Å². The van der Waals surface area contributed by atoms with E-state index in [0.29, 0.717) is 25.3 Å². The van der Waals surface area contributed by atoms with Gasteiger partial charge in [0.05, 0.1) is 20.8 Å². The van der Waals surface area contributed by atoms with Crippen molar-refractivity contribution in [2.75, 3.05) is 33.9 Å². The van der Waals surface area contributed by atoms with Crippen molar-refractivity contribution in [2.45, 2.75) is 39.2 Å². The van der Waals surface area contributed by atoms with Crippen LogP contribution in [0.1, 0.15) is 43.9 Å². The number of benzene rings is 1. The van der Waals surface area contributed by atoms with Crippen LogP contribution in [-0.4, -0.2) is 50.6 Å². The van der Waals surface area contributed by atoms with Gasteiger partial charge in [-0.25, -0.2) is 0 Å². The molecule has 27 heavy (non-hydrogen) atoms. The highest BCUT2D eigenvalue weighted by atomic mass is 16.5. The minimum absolute atomic E-state index is 0.00171. The molecule has 0 radical (unpaired) electrons. The molecule has 2 aliphatic rings. The quantitative estimate of drug-likeness (QED) is 0.713. The molecule has 3 rings (SSSR count). The minimum atomic E-state index is -0.217. The van der Waals surface area contributed by atoms with Gasteiger partial charge in [0.25, 0.3) is 0 Å². The van der Waals surface area contributed by atoms with E-state index in [1.807, 2.05) is 0 Å². The van der Waals surface area contributed by atoms with E-state index in [0.717, 1.165) is 25.1 Å². The number of ketones is 1. The van der Waals surface area contributed by atoms with Gasteiger partial charge in [-0.05, 0) is 55.9 Å². The number of piperidine rings is 1. The Hall–Kier alpha value is -2.08. The third-order valence-corrected chi connectivity index (χ3v) is 5.90. The zero-order chi connectivity index (χ0) is 19.6. The summed E-state index contributed by atoms with van der Waals surface area (Å²) in [4.78, 5) is 26.7. The summed E-state index contributed by atoms with van der Waals surface area (Å²) in [6.45, 7) is 5.40. The molecule has 0 amide bonds. The second kappa shape index (κ2) is 8.30. The Balaban J connectivity index is 1.90. The topological polar surface area (TPSA) is 65.1 Å². The molecule has 3 atom stereocenters. The van der Waals surface area contributed by atoms with Crippen molar-refractivity contribution >= 4 is 11.8 Å². The van der Waals surface area contributed by atoms with Crippen LogP contribution in [-0.2, 0) is 20.7 Å². The molecule has 0 N–H and O–H groups in total. The molecule has 0 aliphatic carbocycles. The van der Waals surface area contributed by atoms with Crippen LogP contribution in [0.4, 0.5) is 0 Å². The third kappa shape index (κ3) is 3.95. The maximum Gasteiger partial charge on any atom is 0.306 e. The number of rotatable bonds is 6. The Morgan fingerprint density at radius 3 is 2.52 bits per heavy atom. The molecule has 0 saturated carbocycles. The fourth-order valence-electron chi connectivity index (χ4n) is 4.55. The van der Waals surface area contributed by atoms with Gasteiger partial charge in [-0.3, -0.25) is 14.5 Å². The van der Waals surface area contributed by atoms with Crippen LogP contribution < -0.4 is 9.47 Å². The van der Waals surface area contributed by atoms with Crippen LogP contribution >= 0.6 is 0 Å². The van der Waals surface area contributed by atoms with E-state index in [2.05, 4.69) is 17.0 Å². The van der Waals surface area contributed by atoms with Gasteiger partial charge in [0.2, 0.25) is 0 Å². The lowest BCUT2D eigenvalue weighted by Crippen LogP contribution is -2.48. The lowest BCUT2D eigenvalue weighted by Gasteiger charge is -2.46. The van der Waals surface area contributed by atoms with Crippen molar-refractivity contribution in [3.63, 3.8) is 0 Å². The van der Waals surface area contributed by atoms with E-state index in [1.165, 1.54) is 11.1 Å². The van der Waals surface area contributed by atoms with Crippen LogP contribution in [0, 0.1) is 11.8 Å². The average molecular weight is 375 g/mol. The van der Waals surface area contributed by atoms with Crippen molar-refractivity contribution < 1.29 is 23.8 Å². The summed E-state index contributed by atoms with van der Waals surface area (Å²) in [5, 5.41) is 0. The summed E-state index contributed by atoms with van der Waals surface area (Å²) < 4.78 is 16.1. The molecular formula is C21H29NO5. The van der Waals surface area contributed by atoms with Crippen molar-refractivity contribution in [2.24, 2.45) is 11.8 Å². The number of hydrogen-bond donors (Lipinski definition) is 0. The summed E-state index contributed by atoms with van der Waals surface area (Å²) in [7, 11) is 3.29. The zero-order valence-corrected chi connectivity index (χ0v) is 16.6. The number of esters is 1. The van der Waals surface area contributed by atoms with Crippen LogP contribution in [0.15, 0.2) is 12.1 Å². The van der Waals surface area contributed by atoms with E-state index in [9.17, 15) is 9.59 Å². The van der Waals surface area contributed by atoms with Crippen LogP contribution in [0.25, 0.3) is 0 Å². The summed E-state index contributed by atoms with van der Waals surface area (Å²) >= 11 is 0. The largest absolute Gasteiger partial charge is 0.493 e. The lowest BCUT2D eigenvalue weighted by molar-refractivity contribution is -0.146. The fourth-order valence-corrected chi connectivity index (χ4v) is 4.55. The minimum Gasteiger partial charge on any atom is -0.493 e. The third-order valence-electron chi connectivity index (χ3n) is 5.90. The number of carbonyl (C=O) groups is 2. The van der Waals surface area contributed by atoms with Gasteiger partial charge in [0.1, 0.15) is 5.78 Å². The maximum absolute atomic E-state index is 12.2. The second-order valence-electron chi connectivity index (χ2n) is 7.39. The first-order valence-electron chi connectivity index (χ1n) is 9.63. The van der Waals surface area contributed by atoms with Gasteiger partial charge >= 0.3 is 5.97 Å². The molecule has 1 saturated heterocycles. The van der Waals surface area contributed by atoms with Gasteiger partial charge in [0, 0.05) is 31.5 Å². The van der Waals surface area contributed by atoms with Crippen LogP contribution in [0.2, 0.25) is 0 Å². The molecule has 1 aromatic rings. The summed E-state index contributed by atoms with van der Waals surface area (Å²) in [6, 6.07) is 4.30. The molecule has 6 heteroatoms. The van der Waals surface area contributed by atoms with Crippen molar-refractivity contribution in [1.29, 1.82) is 0 Å². The van der Waals surface area contributed by atoms with Crippen LogP contribution in [0.5, 0.6) is 11.5 Å². The van der Waals surface area contributed by atoms with Crippen molar-refractivity contribution in [1.82, 2.24) is 4.90 Å². The standard InChI is InChI=1S/C21H29NO5/c1-5-27-21(24)10-15-8-18-16-11-20(26-4)19(25-3)9-14(16)6-7-22(18)12-17(15)13(2)23/h9,11,15,17-18H,5-8,10,12H2,1-4H3/t15-,17-,18+/m1/s1. The number of nitrogens with zero attached hydrogens (tertiary/aromatic N) is 1. The first-order chi connectivity index (χ1) is 13.0. The molecule has 148 valence electrons. The normalized spacial score (nSPS) is 24.5. The Labute approximate surface area is 160 Å². The van der Waals surface area contributed by atoms with E-state index >= 15 is 0 Å². The first kappa shape index (κ1) is 19.7. The highest BCUT2D eigenvalue weighted by Crippen LogP contribution is 2.45. The molecular weight excluding hydrogens is 346 g/mol. The van der Waals surface area contributed by atoms with E-state index in [-0.39, 0.29) is 29.6 Å². The van der Waals surface area contributed by atoms with E-state index in [4.69, 9.17) is 14.2 Å². The number of fused-ring (bicyclic) bond motifs is 3. The van der Waals surface area contributed by atoms with Gasteiger partial charge in [-0.1, -0.05) is 0 Å². The molecule has 0 spiro atoms. The summed E-state index contributed by atoms with van der Waals surface area (Å²) in [6.07, 6.45) is 1.98. The predicted molar refractivity (Wildman–Crippen MR) is 101 cm³/mol. The number of Topliss-reactive ketones (excluding diaryl/α,β-unsaturated/α-hetero) is 1. The Kier molecular flexibility index (Phi) is 6.05. The molecule has 2 heterocycles. The number of hydrogen-bond acceptors (Lipinski definition) is 6. The van der Waals surface area contributed by atoms with E-state index in [1.54, 1.807) is 28.1 Å². The Morgan fingerprint density at radius 2 is 1.89 bits per heavy atom. The van der Waals surface area contributed by atoms with Gasteiger partial charge in [-0.15, -0.1) is 0 Å². The molecule has 0 unspecified atom stereocenters. The SMILES string of the molecule is CCOC(=O)C[C@H]1C[C@H]2c3cc(OC)c(OC)cc3CCN2C[C@@H]1C(C)=O. The number of methoxy groups -OCH3 is 2. The monoisotopic (exact) mass is 375 g/mol. The molecule has 1 fully saturated rings.